The molecule has 1 amide bonds. The largest absolute Gasteiger partial charge is 0.377 e. The van der Waals surface area contributed by atoms with Gasteiger partial charge >= 0.3 is 0 Å². The molecule has 1 atom stereocenters. The van der Waals surface area contributed by atoms with E-state index in [1.807, 2.05) is 17.9 Å². The number of H-pyrrole nitrogens is 1. The molecule has 6 nitrogen and oxygen atoms in total. The summed E-state index contributed by atoms with van der Waals surface area (Å²) in [4.78, 5) is 28.6. The van der Waals surface area contributed by atoms with E-state index < -0.39 is 0 Å². The van der Waals surface area contributed by atoms with Gasteiger partial charge in [0.05, 0.1) is 19.3 Å². The fourth-order valence-corrected chi connectivity index (χ4v) is 2.89. The van der Waals surface area contributed by atoms with Crippen LogP contribution in [0.3, 0.4) is 0 Å². The maximum absolute atomic E-state index is 12.4. The molecule has 0 spiro atoms. The summed E-state index contributed by atoms with van der Waals surface area (Å²) in [6.45, 7) is 7.30. The van der Waals surface area contributed by atoms with Gasteiger partial charge in [-0.05, 0) is 38.3 Å². The molecule has 1 aliphatic heterocycles. The standard InChI is InChI=1S/C16H21N3O3/c1-10-9-22-7-6-19(10)15(20)5-4-13-11(2)14(8-17)16(21)18-12(13)3/h10H,4-7,9H2,1-3H3,(H,18,21)/t10-/m0/s1. The van der Waals surface area contributed by atoms with Gasteiger partial charge in [0.25, 0.3) is 5.56 Å². The van der Waals surface area contributed by atoms with Gasteiger partial charge < -0.3 is 14.6 Å². The van der Waals surface area contributed by atoms with Crippen molar-refractivity contribution in [2.75, 3.05) is 19.8 Å². The van der Waals surface area contributed by atoms with Crippen LogP contribution in [-0.2, 0) is 16.0 Å². The molecule has 0 unspecified atom stereocenters. The molecule has 22 heavy (non-hydrogen) atoms. The minimum atomic E-state index is -0.366. The number of nitrogens with zero attached hydrogens (tertiary/aromatic N) is 2. The van der Waals surface area contributed by atoms with Crippen molar-refractivity contribution in [2.45, 2.75) is 39.7 Å². The van der Waals surface area contributed by atoms with Crippen LogP contribution in [0.15, 0.2) is 4.79 Å². The van der Waals surface area contributed by atoms with Crippen LogP contribution in [0.25, 0.3) is 0 Å². The molecule has 118 valence electrons. The first-order valence-corrected chi connectivity index (χ1v) is 7.45. The number of morpholine rings is 1. The number of carbonyl (C=O) groups excluding carboxylic acids is 1. The highest BCUT2D eigenvalue weighted by Crippen LogP contribution is 2.16. The Balaban J connectivity index is 2.13. The van der Waals surface area contributed by atoms with Gasteiger partial charge in [-0.3, -0.25) is 9.59 Å². The van der Waals surface area contributed by atoms with Gasteiger partial charge in [-0.25, -0.2) is 0 Å². The van der Waals surface area contributed by atoms with Gasteiger partial charge in [0.2, 0.25) is 5.91 Å². The maximum atomic E-state index is 12.4. The Bertz CT molecular complexity index is 672. The highest BCUT2D eigenvalue weighted by molar-refractivity contribution is 5.77. The second-order valence-electron chi connectivity index (χ2n) is 5.68. The van der Waals surface area contributed by atoms with Gasteiger partial charge in [0.15, 0.2) is 0 Å². The molecule has 1 aromatic rings. The number of rotatable bonds is 3. The van der Waals surface area contributed by atoms with Gasteiger partial charge in [-0.15, -0.1) is 0 Å². The van der Waals surface area contributed by atoms with Crippen LogP contribution < -0.4 is 5.56 Å². The molecule has 2 heterocycles. The SMILES string of the molecule is Cc1[nH]c(=O)c(C#N)c(C)c1CCC(=O)N1CCOC[C@@H]1C. The number of ether oxygens (including phenoxy) is 1. The third kappa shape index (κ3) is 3.20. The number of aryl methyl sites for hydroxylation is 1. The first-order chi connectivity index (χ1) is 10.5. The van der Waals surface area contributed by atoms with Crippen molar-refractivity contribution in [1.29, 1.82) is 5.26 Å². The monoisotopic (exact) mass is 303 g/mol. The second kappa shape index (κ2) is 6.75. The summed E-state index contributed by atoms with van der Waals surface area (Å²) in [5.41, 5.74) is 2.04. The minimum absolute atomic E-state index is 0.0827. The fraction of sp³-hybridized carbons (Fsp3) is 0.562. The van der Waals surface area contributed by atoms with E-state index in [1.54, 1.807) is 13.8 Å². The maximum Gasteiger partial charge on any atom is 0.266 e. The molecular weight excluding hydrogens is 282 g/mol. The molecule has 2 rings (SSSR count). The quantitative estimate of drug-likeness (QED) is 0.904. The lowest BCUT2D eigenvalue weighted by Gasteiger charge is -2.33. The number of hydrogen-bond acceptors (Lipinski definition) is 4. The van der Waals surface area contributed by atoms with E-state index >= 15 is 0 Å². The third-order valence-electron chi connectivity index (χ3n) is 4.20. The van der Waals surface area contributed by atoms with Crippen molar-refractivity contribution >= 4 is 5.91 Å². The van der Waals surface area contributed by atoms with Crippen LogP contribution in [0.1, 0.15) is 35.7 Å². The lowest BCUT2D eigenvalue weighted by atomic mass is 9.98. The first-order valence-electron chi connectivity index (χ1n) is 7.45. The van der Waals surface area contributed by atoms with E-state index in [4.69, 9.17) is 10.00 Å². The Hall–Kier alpha value is -2.13. The van der Waals surface area contributed by atoms with Crippen molar-refractivity contribution in [3.63, 3.8) is 0 Å². The topological polar surface area (TPSA) is 86.2 Å². The van der Waals surface area contributed by atoms with Crippen LogP contribution >= 0.6 is 0 Å². The van der Waals surface area contributed by atoms with E-state index in [9.17, 15) is 9.59 Å². The van der Waals surface area contributed by atoms with Crippen LogP contribution in [0.4, 0.5) is 0 Å². The van der Waals surface area contributed by atoms with Crippen molar-refractivity contribution in [3.05, 3.63) is 32.7 Å². The van der Waals surface area contributed by atoms with Gasteiger partial charge in [0, 0.05) is 18.7 Å². The van der Waals surface area contributed by atoms with E-state index in [-0.39, 0.29) is 23.1 Å². The zero-order valence-corrected chi connectivity index (χ0v) is 13.2. The Morgan fingerprint density at radius 3 is 2.86 bits per heavy atom. The lowest BCUT2D eigenvalue weighted by Crippen LogP contribution is -2.47. The third-order valence-corrected chi connectivity index (χ3v) is 4.20. The van der Waals surface area contributed by atoms with Crippen molar-refractivity contribution in [3.8, 4) is 6.07 Å². The average Bonchev–Trinajstić information content (AvgIpc) is 2.47. The lowest BCUT2D eigenvalue weighted by molar-refractivity contribution is -0.139. The Kier molecular flexibility index (Phi) is 4.99. The predicted molar refractivity (Wildman–Crippen MR) is 81.6 cm³/mol. The van der Waals surface area contributed by atoms with E-state index in [1.165, 1.54) is 0 Å². The Morgan fingerprint density at radius 2 is 2.23 bits per heavy atom. The van der Waals surface area contributed by atoms with Crippen LogP contribution in [-0.4, -0.2) is 41.6 Å². The summed E-state index contributed by atoms with van der Waals surface area (Å²) in [5.74, 6) is 0.0827. The molecule has 1 N–H and O–H groups in total. The van der Waals surface area contributed by atoms with Gasteiger partial charge in [-0.2, -0.15) is 5.26 Å². The molecule has 6 heteroatoms. The Labute approximate surface area is 129 Å². The zero-order valence-electron chi connectivity index (χ0n) is 13.2. The summed E-state index contributed by atoms with van der Waals surface area (Å²) in [5, 5.41) is 9.07. The average molecular weight is 303 g/mol. The van der Waals surface area contributed by atoms with E-state index in [0.29, 0.717) is 38.2 Å². The molecule has 0 saturated carbocycles. The smallest absolute Gasteiger partial charge is 0.266 e. The molecule has 0 aliphatic carbocycles. The predicted octanol–water partition coefficient (Wildman–Crippen LogP) is 1.04. The van der Waals surface area contributed by atoms with E-state index in [0.717, 1.165) is 11.3 Å². The van der Waals surface area contributed by atoms with Gasteiger partial charge in [0.1, 0.15) is 11.6 Å². The highest BCUT2D eigenvalue weighted by atomic mass is 16.5. The number of aromatic amines is 1. The van der Waals surface area contributed by atoms with Gasteiger partial charge in [-0.1, -0.05) is 0 Å². The van der Waals surface area contributed by atoms with E-state index in [2.05, 4.69) is 4.98 Å². The minimum Gasteiger partial charge on any atom is -0.377 e. The van der Waals surface area contributed by atoms with Crippen LogP contribution in [0.2, 0.25) is 0 Å². The van der Waals surface area contributed by atoms with Crippen molar-refractivity contribution in [2.24, 2.45) is 0 Å². The molecule has 1 saturated heterocycles. The summed E-state index contributed by atoms with van der Waals surface area (Å²) >= 11 is 0. The molecule has 1 aromatic heterocycles. The number of aromatic nitrogens is 1. The molecule has 0 bridgehead atoms. The summed E-state index contributed by atoms with van der Waals surface area (Å²) < 4.78 is 5.34. The molecule has 0 aromatic carbocycles. The number of carbonyl (C=O) groups is 1. The second-order valence-corrected chi connectivity index (χ2v) is 5.68. The number of pyridine rings is 1. The normalized spacial score (nSPS) is 18.1. The highest BCUT2D eigenvalue weighted by Gasteiger charge is 2.24. The number of nitrogens with one attached hydrogen (secondary N) is 1. The summed E-state index contributed by atoms with van der Waals surface area (Å²) in [6.07, 6.45) is 0.884. The fourth-order valence-electron chi connectivity index (χ4n) is 2.89. The molecule has 0 radical (unpaired) electrons. The number of amides is 1. The van der Waals surface area contributed by atoms with Crippen LogP contribution in [0.5, 0.6) is 0 Å². The number of hydrogen-bond donors (Lipinski definition) is 1. The van der Waals surface area contributed by atoms with Crippen LogP contribution in [0, 0.1) is 25.2 Å². The first kappa shape index (κ1) is 16.2. The van der Waals surface area contributed by atoms with Crippen molar-refractivity contribution in [1.82, 2.24) is 9.88 Å². The summed E-state index contributed by atoms with van der Waals surface area (Å²) in [7, 11) is 0. The molecule has 1 fully saturated rings. The molecule has 1 aliphatic rings. The number of nitriles is 1. The summed E-state index contributed by atoms with van der Waals surface area (Å²) in [6, 6.07) is 2.02. The zero-order chi connectivity index (χ0) is 16.3. The molecular formula is C16H21N3O3. The Morgan fingerprint density at radius 1 is 1.50 bits per heavy atom. The van der Waals surface area contributed by atoms with Crippen molar-refractivity contribution < 1.29 is 9.53 Å².